The van der Waals surface area contributed by atoms with Crippen molar-refractivity contribution in [1.29, 1.82) is 0 Å². The van der Waals surface area contributed by atoms with Gasteiger partial charge in [-0.1, -0.05) is 18.2 Å². The van der Waals surface area contributed by atoms with E-state index in [1.807, 2.05) is 43.3 Å². The number of aryl methyl sites for hydroxylation is 1. The number of amides is 1. The van der Waals surface area contributed by atoms with E-state index < -0.39 is 6.10 Å². The van der Waals surface area contributed by atoms with Crippen molar-refractivity contribution in [3.05, 3.63) is 54.0 Å². The van der Waals surface area contributed by atoms with E-state index in [4.69, 9.17) is 9.15 Å². The summed E-state index contributed by atoms with van der Waals surface area (Å²) in [5, 5.41) is 2.89. The molecule has 0 radical (unpaired) electrons. The molecule has 0 saturated heterocycles. The standard InChI is InChI=1S/C17H21NO3S/c1-13-6-3-4-8-16(13)21-14(2)17(19)18-9-11-22-12-15-7-5-10-20-15/h3-8,10,14H,9,11-12H2,1-2H3,(H,18,19)/t14-/m1/s1. The number of hydrogen-bond acceptors (Lipinski definition) is 4. The van der Waals surface area contributed by atoms with Gasteiger partial charge in [0.25, 0.3) is 5.91 Å². The van der Waals surface area contributed by atoms with Gasteiger partial charge in [-0.2, -0.15) is 11.8 Å². The first-order chi connectivity index (χ1) is 10.7. The monoisotopic (exact) mass is 319 g/mol. The van der Waals surface area contributed by atoms with Crippen molar-refractivity contribution in [3.63, 3.8) is 0 Å². The predicted octanol–water partition coefficient (Wildman–Crippen LogP) is 3.40. The highest BCUT2D eigenvalue weighted by atomic mass is 32.2. The summed E-state index contributed by atoms with van der Waals surface area (Å²) < 4.78 is 10.9. The number of rotatable bonds is 8. The Kier molecular flexibility index (Phi) is 6.40. The van der Waals surface area contributed by atoms with E-state index in [2.05, 4.69) is 5.32 Å². The van der Waals surface area contributed by atoms with Gasteiger partial charge in [0.2, 0.25) is 0 Å². The third kappa shape index (κ3) is 5.15. The van der Waals surface area contributed by atoms with Crippen LogP contribution in [0, 0.1) is 6.92 Å². The van der Waals surface area contributed by atoms with E-state index in [1.165, 1.54) is 0 Å². The summed E-state index contributed by atoms with van der Waals surface area (Å²) in [4.78, 5) is 12.0. The summed E-state index contributed by atoms with van der Waals surface area (Å²) in [6.45, 7) is 4.34. The van der Waals surface area contributed by atoms with Crippen LogP contribution in [-0.2, 0) is 10.5 Å². The van der Waals surface area contributed by atoms with Crippen molar-refractivity contribution in [2.75, 3.05) is 12.3 Å². The molecule has 0 aliphatic rings. The number of carbonyl (C=O) groups excluding carboxylic acids is 1. The first kappa shape index (κ1) is 16.5. The van der Waals surface area contributed by atoms with Crippen LogP contribution >= 0.6 is 11.8 Å². The van der Waals surface area contributed by atoms with Crippen molar-refractivity contribution < 1.29 is 13.9 Å². The predicted molar refractivity (Wildman–Crippen MR) is 89.1 cm³/mol. The first-order valence-electron chi connectivity index (χ1n) is 7.27. The third-order valence-corrected chi connectivity index (χ3v) is 4.12. The molecule has 2 aromatic rings. The fraction of sp³-hybridized carbons (Fsp3) is 0.353. The van der Waals surface area contributed by atoms with Gasteiger partial charge in [-0.15, -0.1) is 0 Å². The largest absolute Gasteiger partial charge is 0.481 e. The molecular formula is C17H21NO3S. The van der Waals surface area contributed by atoms with Gasteiger partial charge in [0.05, 0.1) is 12.0 Å². The Morgan fingerprint density at radius 2 is 2.14 bits per heavy atom. The van der Waals surface area contributed by atoms with Gasteiger partial charge in [0, 0.05) is 12.3 Å². The molecule has 0 aliphatic heterocycles. The van der Waals surface area contributed by atoms with Gasteiger partial charge in [-0.3, -0.25) is 4.79 Å². The van der Waals surface area contributed by atoms with Crippen molar-refractivity contribution in [1.82, 2.24) is 5.32 Å². The van der Waals surface area contributed by atoms with E-state index in [1.54, 1.807) is 24.9 Å². The zero-order valence-corrected chi connectivity index (χ0v) is 13.7. The number of carbonyl (C=O) groups is 1. The Labute approximate surface area is 135 Å². The summed E-state index contributed by atoms with van der Waals surface area (Å²) >= 11 is 1.72. The minimum Gasteiger partial charge on any atom is -0.481 e. The molecule has 2 rings (SSSR count). The van der Waals surface area contributed by atoms with Crippen molar-refractivity contribution in [2.45, 2.75) is 25.7 Å². The molecule has 0 saturated carbocycles. The topological polar surface area (TPSA) is 51.5 Å². The average molecular weight is 319 g/mol. The number of para-hydroxylation sites is 1. The lowest BCUT2D eigenvalue weighted by Gasteiger charge is -2.16. The normalized spacial score (nSPS) is 11.9. The number of thioether (sulfide) groups is 1. The maximum Gasteiger partial charge on any atom is 0.260 e. The number of ether oxygens (including phenoxy) is 1. The van der Waals surface area contributed by atoms with Gasteiger partial charge >= 0.3 is 0 Å². The van der Waals surface area contributed by atoms with Crippen LogP contribution in [0.25, 0.3) is 0 Å². The molecule has 118 valence electrons. The fourth-order valence-electron chi connectivity index (χ4n) is 1.89. The lowest BCUT2D eigenvalue weighted by molar-refractivity contribution is -0.127. The van der Waals surface area contributed by atoms with E-state index >= 15 is 0 Å². The van der Waals surface area contributed by atoms with Gasteiger partial charge in [0.15, 0.2) is 6.10 Å². The number of nitrogens with one attached hydrogen (secondary N) is 1. The molecule has 0 unspecified atom stereocenters. The Balaban J connectivity index is 1.65. The van der Waals surface area contributed by atoms with Gasteiger partial charge in [-0.05, 0) is 37.6 Å². The Morgan fingerprint density at radius 1 is 1.32 bits per heavy atom. The summed E-state index contributed by atoms with van der Waals surface area (Å²) in [6, 6.07) is 11.5. The highest BCUT2D eigenvalue weighted by Crippen LogP contribution is 2.17. The second-order valence-electron chi connectivity index (χ2n) is 4.95. The Morgan fingerprint density at radius 3 is 2.86 bits per heavy atom. The van der Waals surface area contributed by atoms with Crippen LogP contribution in [0.3, 0.4) is 0 Å². The van der Waals surface area contributed by atoms with Crippen molar-refractivity contribution >= 4 is 17.7 Å². The lowest BCUT2D eigenvalue weighted by atomic mass is 10.2. The maximum absolute atomic E-state index is 12.0. The summed E-state index contributed by atoms with van der Waals surface area (Å²) in [6.07, 6.45) is 1.17. The van der Waals surface area contributed by atoms with Crippen LogP contribution in [0.2, 0.25) is 0 Å². The molecule has 0 fully saturated rings. The molecule has 22 heavy (non-hydrogen) atoms. The van der Waals surface area contributed by atoms with Gasteiger partial charge in [-0.25, -0.2) is 0 Å². The van der Waals surface area contributed by atoms with Crippen molar-refractivity contribution in [3.8, 4) is 5.75 Å². The lowest BCUT2D eigenvalue weighted by Crippen LogP contribution is -2.37. The number of furan rings is 1. The third-order valence-electron chi connectivity index (χ3n) is 3.14. The molecule has 1 aromatic carbocycles. The van der Waals surface area contributed by atoms with Crippen LogP contribution in [0.4, 0.5) is 0 Å². The molecule has 0 spiro atoms. The molecule has 1 amide bonds. The molecule has 5 heteroatoms. The minimum absolute atomic E-state index is 0.0955. The highest BCUT2D eigenvalue weighted by Gasteiger charge is 2.14. The Bertz CT molecular complexity index is 583. The smallest absolute Gasteiger partial charge is 0.260 e. The van der Waals surface area contributed by atoms with E-state index in [0.29, 0.717) is 6.54 Å². The average Bonchev–Trinajstić information content (AvgIpc) is 3.02. The second kappa shape index (κ2) is 8.54. The van der Waals surface area contributed by atoms with Crippen LogP contribution in [-0.4, -0.2) is 24.3 Å². The first-order valence-corrected chi connectivity index (χ1v) is 8.42. The second-order valence-corrected chi connectivity index (χ2v) is 6.05. The van der Waals surface area contributed by atoms with Crippen LogP contribution in [0.1, 0.15) is 18.2 Å². The molecule has 0 aliphatic carbocycles. The molecule has 1 atom stereocenters. The molecule has 1 heterocycles. The molecule has 1 aromatic heterocycles. The minimum atomic E-state index is -0.504. The molecular weight excluding hydrogens is 298 g/mol. The van der Waals surface area contributed by atoms with Gasteiger partial charge in [0.1, 0.15) is 11.5 Å². The van der Waals surface area contributed by atoms with E-state index in [0.717, 1.165) is 28.6 Å². The fourth-order valence-corrected chi connectivity index (χ4v) is 2.65. The van der Waals surface area contributed by atoms with E-state index in [-0.39, 0.29) is 5.91 Å². The van der Waals surface area contributed by atoms with E-state index in [9.17, 15) is 4.79 Å². The van der Waals surface area contributed by atoms with Crippen LogP contribution < -0.4 is 10.1 Å². The van der Waals surface area contributed by atoms with Gasteiger partial charge < -0.3 is 14.5 Å². The molecule has 1 N–H and O–H groups in total. The van der Waals surface area contributed by atoms with Crippen LogP contribution in [0.15, 0.2) is 47.1 Å². The van der Waals surface area contributed by atoms with Crippen LogP contribution in [0.5, 0.6) is 5.75 Å². The molecule has 0 bridgehead atoms. The maximum atomic E-state index is 12.0. The SMILES string of the molecule is Cc1ccccc1O[C@H](C)C(=O)NCCSCc1ccco1. The zero-order valence-electron chi connectivity index (χ0n) is 12.9. The summed E-state index contributed by atoms with van der Waals surface area (Å²) in [5.41, 5.74) is 1.02. The summed E-state index contributed by atoms with van der Waals surface area (Å²) in [7, 11) is 0. The van der Waals surface area contributed by atoms with Crippen molar-refractivity contribution in [2.24, 2.45) is 0 Å². The number of hydrogen-bond donors (Lipinski definition) is 1. The quantitative estimate of drug-likeness (QED) is 0.758. The number of benzene rings is 1. The Hall–Kier alpha value is -1.88. The summed E-state index contributed by atoms with van der Waals surface area (Å²) in [5.74, 6) is 3.26. The highest BCUT2D eigenvalue weighted by molar-refractivity contribution is 7.98. The molecule has 4 nitrogen and oxygen atoms in total. The zero-order chi connectivity index (χ0) is 15.8.